The molecule has 0 unspecified atom stereocenters. The highest BCUT2D eigenvalue weighted by Crippen LogP contribution is 2.28. The summed E-state index contributed by atoms with van der Waals surface area (Å²) in [6, 6.07) is 7.24. The van der Waals surface area contributed by atoms with Crippen molar-refractivity contribution in [3.63, 3.8) is 0 Å². The number of methoxy groups -OCH3 is 2. The Hall–Kier alpha value is -2.27. The number of nitrogens with one attached hydrogen (secondary N) is 1. The molecule has 5 nitrogen and oxygen atoms in total. The summed E-state index contributed by atoms with van der Waals surface area (Å²) in [6.07, 6.45) is 1.85. The van der Waals surface area contributed by atoms with Crippen LogP contribution in [0.2, 0.25) is 0 Å². The fourth-order valence-corrected chi connectivity index (χ4v) is 2.24. The zero-order chi connectivity index (χ0) is 15.4. The van der Waals surface area contributed by atoms with Gasteiger partial charge in [-0.25, -0.2) is 0 Å². The molecule has 0 saturated heterocycles. The number of hydrogen-bond acceptors (Lipinski definition) is 4. The van der Waals surface area contributed by atoms with E-state index < -0.39 is 0 Å². The lowest BCUT2D eigenvalue weighted by atomic mass is 10.2. The molecule has 5 heteroatoms. The zero-order valence-electron chi connectivity index (χ0n) is 12.8. The van der Waals surface area contributed by atoms with Gasteiger partial charge in [0.25, 0.3) is 0 Å². The lowest BCUT2D eigenvalue weighted by Crippen LogP contribution is -2.19. The normalized spacial score (nSPS) is 10.5. The van der Waals surface area contributed by atoms with E-state index in [1.807, 2.05) is 42.9 Å². The van der Waals surface area contributed by atoms with Crippen LogP contribution in [0.25, 0.3) is 5.69 Å². The van der Waals surface area contributed by atoms with Crippen LogP contribution in [-0.4, -0.2) is 25.8 Å². The molecule has 0 aliphatic carbocycles. The lowest BCUT2D eigenvalue weighted by molar-refractivity contribution is 0.393. The van der Waals surface area contributed by atoms with Crippen molar-refractivity contribution in [2.75, 3.05) is 21.3 Å². The Morgan fingerprint density at radius 1 is 1.19 bits per heavy atom. The highest BCUT2D eigenvalue weighted by atomic mass is 16.5. The quantitative estimate of drug-likeness (QED) is 0.913. The molecule has 1 aromatic carbocycles. The Morgan fingerprint density at radius 2 is 1.95 bits per heavy atom. The third kappa shape index (κ3) is 3.08. The second kappa shape index (κ2) is 6.45. The van der Waals surface area contributed by atoms with Gasteiger partial charge in [-0.15, -0.1) is 0 Å². The highest BCUT2D eigenvalue weighted by molar-refractivity contribution is 5.52. The summed E-state index contributed by atoms with van der Waals surface area (Å²) in [4.78, 5) is 12.0. The van der Waals surface area contributed by atoms with Crippen molar-refractivity contribution in [3.8, 4) is 17.2 Å². The molecule has 112 valence electrons. The fraction of sp³-hybridized carbons (Fsp3) is 0.312. The highest BCUT2D eigenvalue weighted by Gasteiger charge is 2.10. The molecule has 1 aromatic heterocycles. The molecule has 0 bridgehead atoms. The van der Waals surface area contributed by atoms with Crippen molar-refractivity contribution < 1.29 is 9.47 Å². The maximum absolute atomic E-state index is 12.0. The SMILES string of the molecule is CNCc1cn(-c2ccc(OC)cc2OC)c(C)cc1=O. The van der Waals surface area contributed by atoms with Crippen molar-refractivity contribution in [1.82, 2.24) is 9.88 Å². The summed E-state index contributed by atoms with van der Waals surface area (Å²) in [5, 5.41) is 3.01. The Morgan fingerprint density at radius 3 is 2.57 bits per heavy atom. The minimum Gasteiger partial charge on any atom is -0.497 e. The molecule has 1 N–H and O–H groups in total. The lowest BCUT2D eigenvalue weighted by Gasteiger charge is -2.16. The second-order valence-electron chi connectivity index (χ2n) is 4.74. The molecular formula is C16H20N2O3. The maximum Gasteiger partial charge on any atom is 0.186 e. The summed E-state index contributed by atoms with van der Waals surface area (Å²) in [6.45, 7) is 2.42. The minimum absolute atomic E-state index is 0.0329. The van der Waals surface area contributed by atoms with E-state index in [1.54, 1.807) is 20.3 Å². The molecule has 0 atom stereocenters. The van der Waals surface area contributed by atoms with Crippen molar-refractivity contribution >= 4 is 0 Å². The van der Waals surface area contributed by atoms with E-state index in [9.17, 15) is 4.79 Å². The van der Waals surface area contributed by atoms with Gasteiger partial charge in [-0.05, 0) is 26.1 Å². The molecule has 0 radical (unpaired) electrons. The van der Waals surface area contributed by atoms with Crippen LogP contribution in [0.15, 0.2) is 35.3 Å². The minimum atomic E-state index is 0.0329. The molecule has 1 heterocycles. The standard InChI is InChI=1S/C16H20N2O3/c1-11-7-15(19)12(9-17-2)10-18(11)14-6-5-13(20-3)8-16(14)21-4/h5-8,10,17H,9H2,1-4H3. The van der Waals surface area contributed by atoms with E-state index >= 15 is 0 Å². The van der Waals surface area contributed by atoms with E-state index in [0.29, 0.717) is 17.9 Å². The van der Waals surface area contributed by atoms with Gasteiger partial charge in [-0.2, -0.15) is 0 Å². The maximum atomic E-state index is 12.0. The second-order valence-corrected chi connectivity index (χ2v) is 4.74. The van der Waals surface area contributed by atoms with Gasteiger partial charge in [-0.3, -0.25) is 4.79 Å². The molecule has 0 aliphatic heterocycles. The summed E-state index contributed by atoms with van der Waals surface area (Å²) in [5.41, 5.74) is 2.46. The molecular weight excluding hydrogens is 268 g/mol. The van der Waals surface area contributed by atoms with Crippen molar-refractivity contribution in [1.29, 1.82) is 0 Å². The Kier molecular flexibility index (Phi) is 4.65. The first-order valence-corrected chi connectivity index (χ1v) is 6.70. The molecule has 21 heavy (non-hydrogen) atoms. The number of aryl methyl sites for hydroxylation is 1. The first-order valence-electron chi connectivity index (χ1n) is 6.70. The van der Waals surface area contributed by atoms with Crippen LogP contribution < -0.4 is 20.2 Å². The largest absolute Gasteiger partial charge is 0.497 e. The van der Waals surface area contributed by atoms with E-state index in [0.717, 1.165) is 17.1 Å². The zero-order valence-corrected chi connectivity index (χ0v) is 12.8. The molecule has 0 amide bonds. The third-order valence-corrected chi connectivity index (χ3v) is 3.34. The van der Waals surface area contributed by atoms with Crippen LogP contribution in [0.5, 0.6) is 11.5 Å². The first kappa shape index (κ1) is 15.1. The van der Waals surface area contributed by atoms with Crippen LogP contribution in [0.1, 0.15) is 11.3 Å². The van der Waals surface area contributed by atoms with Crippen molar-refractivity contribution in [2.45, 2.75) is 13.5 Å². The van der Waals surface area contributed by atoms with E-state index in [1.165, 1.54) is 0 Å². The van der Waals surface area contributed by atoms with Crippen LogP contribution in [0.4, 0.5) is 0 Å². The molecule has 0 aliphatic rings. The van der Waals surface area contributed by atoms with E-state index in [-0.39, 0.29) is 5.43 Å². The summed E-state index contributed by atoms with van der Waals surface area (Å²) < 4.78 is 12.6. The number of rotatable bonds is 5. The van der Waals surface area contributed by atoms with Gasteiger partial charge in [-0.1, -0.05) is 0 Å². The molecule has 2 aromatic rings. The summed E-state index contributed by atoms with van der Waals surface area (Å²) in [7, 11) is 5.05. The monoisotopic (exact) mass is 288 g/mol. The van der Waals surface area contributed by atoms with Crippen LogP contribution in [0, 0.1) is 6.92 Å². The number of hydrogen-bond donors (Lipinski definition) is 1. The average Bonchev–Trinajstić information content (AvgIpc) is 2.49. The summed E-state index contributed by atoms with van der Waals surface area (Å²) >= 11 is 0. The molecule has 0 saturated carbocycles. The first-order chi connectivity index (χ1) is 10.1. The predicted molar refractivity (Wildman–Crippen MR) is 82.6 cm³/mol. The van der Waals surface area contributed by atoms with E-state index in [4.69, 9.17) is 9.47 Å². The van der Waals surface area contributed by atoms with Gasteiger partial charge < -0.3 is 19.4 Å². The van der Waals surface area contributed by atoms with Gasteiger partial charge in [0.15, 0.2) is 5.43 Å². The molecule has 0 spiro atoms. The van der Waals surface area contributed by atoms with Gasteiger partial charge in [0.05, 0.1) is 19.9 Å². The number of pyridine rings is 1. The van der Waals surface area contributed by atoms with Crippen molar-refractivity contribution in [3.05, 3.63) is 51.9 Å². The number of ether oxygens (including phenoxy) is 2. The van der Waals surface area contributed by atoms with Crippen molar-refractivity contribution in [2.24, 2.45) is 0 Å². The van der Waals surface area contributed by atoms with Crippen LogP contribution in [-0.2, 0) is 6.54 Å². The van der Waals surface area contributed by atoms with Gasteiger partial charge >= 0.3 is 0 Å². The Labute approximate surface area is 124 Å². The number of nitrogens with zero attached hydrogens (tertiary/aromatic N) is 1. The Balaban J connectivity index is 2.60. The molecule has 2 rings (SSSR count). The predicted octanol–water partition coefficient (Wildman–Crippen LogP) is 1.88. The van der Waals surface area contributed by atoms with Crippen LogP contribution in [0.3, 0.4) is 0 Å². The number of benzene rings is 1. The average molecular weight is 288 g/mol. The number of aromatic nitrogens is 1. The third-order valence-electron chi connectivity index (χ3n) is 3.34. The smallest absolute Gasteiger partial charge is 0.186 e. The Bertz CT molecular complexity index is 692. The topological polar surface area (TPSA) is 52.5 Å². The molecule has 0 fully saturated rings. The van der Waals surface area contributed by atoms with Gasteiger partial charge in [0.1, 0.15) is 11.5 Å². The summed E-state index contributed by atoms with van der Waals surface area (Å²) in [5.74, 6) is 1.42. The fourth-order valence-electron chi connectivity index (χ4n) is 2.24. The van der Waals surface area contributed by atoms with E-state index in [2.05, 4.69) is 5.32 Å². The van der Waals surface area contributed by atoms with Crippen LogP contribution >= 0.6 is 0 Å². The van der Waals surface area contributed by atoms with Gasteiger partial charge in [0.2, 0.25) is 0 Å². The van der Waals surface area contributed by atoms with Gasteiger partial charge in [0, 0.05) is 36.1 Å².